The zero-order valence-corrected chi connectivity index (χ0v) is 11.1. The topological polar surface area (TPSA) is 44.5 Å². The van der Waals surface area contributed by atoms with Gasteiger partial charge in [0.2, 0.25) is 0 Å². The zero-order chi connectivity index (χ0) is 12.8. The Kier molecular flexibility index (Phi) is 5.17. The quantitative estimate of drug-likeness (QED) is 0.787. The van der Waals surface area contributed by atoms with Gasteiger partial charge in [0.1, 0.15) is 0 Å². The first-order chi connectivity index (χ1) is 8.83. The highest BCUT2D eigenvalue weighted by molar-refractivity contribution is 5.32. The molecule has 18 heavy (non-hydrogen) atoms. The van der Waals surface area contributed by atoms with Crippen molar-refractivity contribution in [2.45, 2.75) is 25.3 Å². The van der Waals surface area contributed by atoms with Crippen molar-refractivity contribution < 1.29 is 9.47 Å². The predicted octanol–water partition coefficient (Wildman–Crippen LogP) is 2.30. The second-order valence-electron chi connectivity index (χ2n) is 4.92. The van der Waals surface area contributed by atoms with Crippen LogP contribution in [0.1, 0.15) is 30.0 Å². The van der Waals surface area contributed by atoms with Crippen molar-refractivity contribution in [2.24, 2.45) is 11.7 Å². The van der Waals surface area contributed by atoms with E-state index in [2.05, 4.69) is 24.3 Å². The number of ether oxygens (including phenoxy) is 2. The number of hydrogen-bond donors (Lipinski definition) is 1. The number of rotatable bonds is 6. The molecule has 3 heteroatoms. The number of nitrogens with two attached hydrogens (primary N) is 1. The summed E-state index contributed by atoms with van der Waals surface area (Å²) in [7, 11) is 1.69. The van der Waals surface area contributed by atoms with Crippen LogP contribution in [0.15, 0.2) is 24.3 Å². The Bertz CT molecular complexity index is 367. The minimum absolute atomic E-state index is 0.168. The molecule has 0 saturated heterocycles. The van der Waals surface area contributed by atoms with Gasteiger partial charge in [-0.25, -0.2) is 0 Å². The SMILES string of the molecule is COCCOCCC1CCc2ccccc2C1N. The predicted molar refractivity (Wildman–Crippen MR) is 72.5 cm³/mol. The lowest BCUT2D eigenvalue weighted by Crippen LogP contribution is -2.28. The highest BCUT2D eigenvalue weighted by atomic mass is 16.5. The molecule has 2 atom stereocenters. The monoisotopic (exact) mass is 249 g/mol. The summed E-state index contributed by atoms with van der Waals surface area (Å²) in [5.74, 6) is 0.544. The molecule has 0 radical (unpaired) electrons. The van der Waals surface area contributed by atoms with Crippen molar-refractivity contribution in [3.05, 3.63) is 35.4 Å². The minimum atomic E-state index is 0.168. The van der Waals surface area contributed by atoms with Gasteiger partial charge in [-0.1, -0.05) is 24.3 Å². The molecule has 0 saturated carbocycles. The van der Waals surface area contributed by atoms with Gasteiger partial charge < -0.3 is 15.2 Å². The molecule has 1 aliphatic rings. The van der Waals surface area contributed by atoms with Crippen molar-refractivity contribution in [2.75, 3.05) is 26.9 Å². The van der Waals surface area contributed by atoms with Crippen molar-refractivity contribution in [1.29, 1.82) is 0 Å². The molecule has 0 aliphatic heterocycles. The Hall–Kier alpha value is -0.900. The molecule has 1 aliphatic carbocycles. The summed E-state index contributed by atoms with van der Waals surface area (Å²) in [5.41, 5.74) is 9.09. The molecular formula is C15H23NO2. The normalized spacial score (nSPS) is 22.8. The van der Waals surface area contributed by atoms with E-state index in [-0.39, 0.29) is 6.04 Å². The first-order valence-electron chi connectivity index (χ1n) is 6.73. The van der Waals surface area contributed by atoms with E-state index in [0.29, 0.717) is 19.1 Å². The van der Waals surface area contributed by atoms with E-state index in [0.717, 1.165) is 19.4 Å². The number of benzene rings is 1. The van der Waals surface area contributed by atoms with Gasteiger partial charge in [0, 0.05) is 19.8 Å². The maximum absolute atomic E-state index is 6.35. The van der Waals surface area contributed by atoms with Crippen LogP contribution < -0.4 is 5.73 Å². The number of methoxy groups -OCH3 is 1. The van der Waals surface area contributed by atoms with Crippen molar-refractivity contribution >= 4 is 0 Å². The highest BCUT2D eigenvalue weighted by Gasteiger charge is 2.25. The zero-order valence-electron chi connectivity index (χ0n) is 11.1. The van der Waals surface area contributed by atoms with Gasteiger partial charge >= 0.3 is 0 Å². The summed E-state index contributed by atoms with van der Waals surface area (Å²) in [5, 5.41) is 0. The molecule has 1 aromatic carbocycles. The standard InChI is InChI=1S/C15H23NO2/c1-17-10-11-18-9-8-13-7-6-12-4-2-3-5-14(12)15(13)16/h2-5,13,15H,6-11,16H2,1H3. The third-order valence-electron chi connectivity index (χ3n) is 3.77. The van der Waals surface area contributed by atoms with E-state index in [1.807, 2.05) is 0 Å². The van der Waals surface area contributed by atoms with Gasteiger partial charge in [-0.15, -0.1) is 0 Å². The molecule has 0 spiro atoms. The van der Waals surface area contributed by atoms with Crippen molar-refractivity contribution in [3.8, 4) is 0 Å². The van der Waals surface area contributed by atoms with Crippen LogP contribution in [0.3, 0.4) is 0 Å². The van der Waals surface area contributed by atoms with Gasteiger partial charge in [0.15, 0.2) is 0 Å². The Balaban J connectivity index is 1.82. The van der Waals surface area contributed by atoms with E-state index < -0.39 is 0 Å². The minimum Gasteiger partial charge on any atom is -0.382 e. The Morgan fingerprint density at radius 1 is 1.22 bits per heavy atom. The lowest BCUT2D eigenvalue weighted by Gasteiger charge is -2.31. The molecule has 3 nitrogen and oxygen atoms in total. The van der Waals surface area contributed by atoms with E-state index in [1.54, 1.807) is 7.11 Å². The van der Waals surface area contributed by atoms with Gasteiger partial charge in [0.25, 0.3) is 0 Å². The fraction of sp³-hybridized carbons (Fsp3) is 0.600. The van der Waals surface area contributed by atoms with Crippen LogP contribution in [0.4, 0.5) is 0 Å². The first-order valence-corrected chi connectivity index (χ1v) is 6.73. The van der Waals surface area contributed by atoms with Crippen molar-refractivity contribution in [1.82, 2.24) is 0 Å². The van der Waals surface area contributed by atoms with E-state index in [1.165, 1.54) is 17.5 Å². The number of aryl methyl sites for hydroxylation is 1. The Morgan fingerprint density at radius 2 is 2.06 bits per heavy atom. The second-order valence-corrected chi connectivity index (χ2v) is 4.92. The van der Waals surface area contributed by atoms with Gasteiger partial charge in [-0.3, -0.25) is 0 Å². The number of hydrogen-bond acceptors (Lipinski definition) is 3. The molecule has 2 N–H and O–H groups in total. The average molecular weight is 249 g/mol. The second kappa shape index (κ2) is 6.88. The third kappa shape index (κ3) is 3.31. The lowest BCUT2D eigenvalue weighted by molar-refractivity contribution is 0.0609. The highest BCUT2D eigenvalue weighted by Crippen LogP contribution is 2.34. The molecule has 0 amide bonds. The summed E-state index contributed by atoms with van der Waals surface area (Å²) >= 11 is 0. The van der Waals surface area contributed by atoms with Crippen LogP contribution in [0.5, 0.6) is 0 Å². The summed E-state index contributed by atoms with van der Waals surface area (Å²) in [6.45, 7) is 2.12. The van der Waals surface area contributed by atoms with Gasteiger partial charge in [-0.05, 0) is 36.3 Å². The molecule has 2 unspecified atom stereocenters. The maximum Gasteiger partial charge on any atom is 0.0700 e. The molecular weight excluding hydrogens is 226 g/mol. The first kappa shape index (κ1) is 13.5. The van der Waals surface area contributed by atoms with Crippen LogP contribution in [-0.2, 0) is 15.9 Å². The lowest BCUT2D eigenvalue weighted by atomic mass is 9.79. The number of fused-ring (bicyclic) bond motifs is 1. The van der Waals surface area contributed by atoms with E-state index in [4.69, 9.17) is 15.2 Å². The van der Waals surface area contributed by atoms with Crippen LogP contribution in [0.25, 0.3) is 0 Å². The fourth-order valence-electron chi connectivity index (χ4n) is 2.66. The van der Waals surface area contributed by atoms with E-state index >= 15 is 0 Å². The van der Waals surface area contributed by atoms with E-state index in [9.17, 15) is 0 Å². The van der Waals surface area contributed by atoms with Crippen LogP contribution in [0, 0.1) is 5.92 Å². The molecule has 1 aromatic rings. The van der Waals surface area contributed by atoms with Gasteiger partial charge in [0.05, 0.1) is 13.2 Å². The molecule has 0 aromatic heterocycles. The molecule has 100 valence electrons. The largest absolute Gasteiger partial charge is 0.382 e. The fourth-order valence-corrected chi connectivity index (χ4v) is 2.66. The maximum atomic E-state index is 6.35. The Morgan fingerprint density at radius 3 is 2.89 bits per heavy atom. The summed E-state index contributed by atoms with van der Waals surface area (Å²) in [6, 6.07) is 8.70. The smallest absolute Gasteiger partial charge is 0.0700 e. The summed E-state index contributed by atoms with van der Waals surface area (Å²) < 4.78 is 10.5. The molecule has 0 fully saturated rings. The van der Waals surface area contributed by atoms with Crippen LogP contribution >= 0.6 is 0 Å². The van der Waals surface area contributed by atoms with Crippen molar-refractivity contribution in [3.63, 3.8) is 0 Å². The molecule has 0 bridgehead atoms. The summed E-state index contributed by atoms with van der Waals surface area (Å²) in [4.78, 5) is 0. The summed E-state index contributed by atoms with van der Waals surface area (Å²) in [6.07, 6.45) is 3.36. The molecule has 2 rings (SSSR count). The van der Waals surface area contributed by atoms with Crippen LogP contribution in [0.2, 0.25) is 0 Å². The third-order valence-corrected chi connectivity index (χ3v) is 3.77. The average Bonchev–Trinajstić information content (AvgIpc) is 2.41. The Labute approximate surface area is 109 Å². The van der Waals surface area contributed by atoms with Gasteiger partial charge in [-0.2, -0.15) is 0 Å². The molecule has 0 heterocycles. The van der Waals surface area contributed by atoms with Crippen LogP contribution in [-0.4, -0.2) is 26.9 Å².